The van der Waals surface area contributed by atoms with Crippen molar-refractivity contribution in [3.8, 4) is 0 Å². The number of carbonyl (C=O) groups excluding carboxylic acids is 2. The smallest absolute Gasteiger partial charge is 0.407 e. The van der Waals surface area contributed by atoms with Crippen molar-refractivity contribution in [2.45, 2.75) is 46.5 Å². The van der Waals surface area contributed by atoms with E-state index >= 15 is 0 Å². The van der Waals surface area contributed by atoms with Gasteiger partial charge in [0.2, 0.25) is 0 Å². The van der Waals surface area contributed by atoms with Gasteiger partial charge in [-0.3, -0.25) is 9.59 Å². The zero-order chi connectivity index (χ0) is 16.1. The quantitative estimate of drug-likeness (QED) is 0.622. The highest BCUT2D eigenvalue weighted by Gasteiger charge is 2.43. The van der Waals surface area contributed by atoms with Gasteiger partial charge in [0.1, 0.15) is 6.61 Å². The van der Waals surface area contributed by atoms with Gasteiger partial charge in [-0.25, -0.2) is 4.79 Å². The van der Waals surface area contributed by atoms with Gasteiger partial charge in [-0.15, -0.1) is 0 Å². The topological polar surface area (TPSA) is 83.9 Å². The SMILES string of the molecule is CC(C)(C)CCC1(C(=O)OCC=O)CCN(C(=O)O)CC1. The van der Waals surface area contributed by atoms with E-state index in [9.17, 15) is 14.4 Å². The molecule has 1 heterocycles. The average molecular weight is 299 g/mol. The van der Waals surface area contributed by atoms with E-state index in [2.05, 4.69) is 20.8 Å². The largest absolute Gasteiger partial charge is 0.465 e. The summed E-state index contributed by atoms with van der Waals surface area (Å²) in [6.07, 6.45) is 2.00. The second kappa shape index (κ2) is 6.91. The molecule has 0 aliphatic carbocycles. The highest BCUT2D eigenvalue weighted by molar-refractivity contribution is 5.78. The van der Waals surface area contributed by atoms with E-state index < -0.39 is 11.5 Å². The molecule has 0 bridgehead atoms. The lowest BCUT2D eigenvalue weighted by molar-refractivity contribution is -0.160. The minimum absolute atomic E-state index is 0.0852. The second-order valence-electron chi connectivity index (χ2n) is 6.88. The summed E-state index contributed by atoms with van der Waals surface area (Å²) in [6, 6.07) is 0. The molecule has 1 N–H and O–H groups in total. The minimum atomic E-state index is -0.958. The molecule has 0 aromatic rings. The molecule has 1 amide bonds. The molecular formula is C15H25NO5. The number of nitrogens with zero attached hydrogens (tertiary/aromatic N) is 1. The van der Waals surface area contributed by atoms with Crippen molar-refractivity contribution in [2.24, 2.45) is 10.8 Å². The molecule has 0 saturated carbocycles. The number of amides is 1. The number of hydrogen-bond acceptors (Lipinski definition) is 4. The number of piperidine rings is 1. The third-order valence-electron chi connectivity index (χ3n) is 4.06. The Hall–Kier alpha value is -1.59. The highest BCUT2D eigenvalue weighted by atomic mass is 16.5. The third-order valence-corrected chi connectivity index (χ3v) is 4.06. The summed E-state index contributed by atoms with van der Waals surface area (Å²) in [4.78, 5) is 35.0. The van der Waals surface area contributed by atoms with Crippen molar-refractivity contribution in [2.75, 3.05) is 19.7 Å². The van der Waals surface area contributed by atoms with E-state index in [1.54, 1.807) is 0 Å². The molecule has 0 radical (unpaired) electrons. The van der Waals surface area contributed by atoms with Gasteiger partial charge in [-0.2, -0.15) is 0 Å². The van der Waals surface area contributed by atoms with Gasteiger partial charge in [0.25, 0.3) is 0 Å². The molecule has 1 fully saturated rings. The van der Waals surface area contributed by atoms with Crippen molar-refractivity contribution in [3.63, 3.8) is 0 Å². The molecule has 21 heavy (non-hydrogen) atoms. The summed E-state index contributed by atoms with van der Waals surface area (Å²) in [7, 11) is 0. The zero-order valence-electron chi connectivity index (χ0n) is 13.1. The van der Waals surface area contributed by atoms with Crippen LogP contribution in [-0.2, 0) is 14.3 Å². The van der Waals surface area contributed by atoms with Crippen LogP contribution in [-0.4, -0.2) is 48.1 Å². The van der Waals surface area contributed by atoms with Crippen molar-refractivity contribution >= 4 is 18.3 Å². The fourth-order valence-corrected chi connectivity index (χ4v) is 2.56. The van der Waals surface area contributed by atoms with Gasteiger partial charge in [-0.05, 0) is 31.1 Å². The first-order valence-corrected chi connectivity index (χ1v) is 7.29. The van der Waals surface area contributed by atoms with Gasteiger partial charge in [0, 0.05) is 13.1 Å². The summed E-state index contributed by atoms with van der Waals surface area (Å²) < 4.78 is 5.02. The van der Waals surface area contributed by atoms with Crippen LogP contribution >= 0.6 is 0 Å². The van der Waals surface area contributed by atoms with Gasteiger partial charge in [-0.1, -0.05) is 20.8 Å². The van der Waals surface area contributed by atoms with Crippen LogP contribution in [0.4, 0.5) is 4.79 Å². The van der Waals surface area contributed by atoms with Gasteiger partial charge in [0.15, 0.2) is 6.29 Å². The van der Waals surface area contributed by atoms with Crippen LogP contribution in [0.2, 0.25) is 0 Å². The maximum atomic E-state index is 12.3. The number of esters is 1. The molecule has 0 spiro atoms. The molecule has 6 nitrogen and oxygen atoms in total. The Balaban J connectivity index is 2.78. The maximum absolute atomic E-state index is 12.3. The number of carbonyl (C=O) groups is 3. The van der Waals surface area contributed by atoms with E-state index in [-0.39, 0.29) is 18.0 Å². The lowest BCUT2D eigenvalue weighted by Crippen LogP contribution is -2.47. The molecular weight excluding hydrogens is 274 g/mol. The van der Waals surface area contributed by atoms with Crippen LogP contribution in [0, 0.1) is 10.8 Å². The van der Waals surface area contributed by atoms with Crippen molar-refractivity contribution < 1.29 is 24.2 Å². The molecule has 0 unspecified atom stereocenters. The van der Waals surface area contributed by atoms with E-state index in [1.807, 2.05) is 0 Å². The predicted octanol–water partition coefficient (Wildman–Crippen LogP) is 2.32. The Morgan fingerprint density at radius 3 is 2.29 bits per heavy atom. The number of carboxylic acid groups (broad SMARTS) is 1. The third kappa shape index (κ3) is 5.02. The van der Waals surface area contributed by atoms with Crippen LogP contribution < -0.4 is 0 Å². The number of ether oxygens (including phenoxy) is 1. The van der Waals surface area contributed by atoms with Gasteiger partial charge < -0.3 is 14.7 Å². The fraction of sp³-hybridized carbons (Fsp3) is 0.800. The fourth-order valence-electron chi connectivity index (χ4n) is 2.56. The van der Waals surface area contributed by atoms with Crippen LogP contribution in [0.1, 0.15) is 46.5 Å². The van der Waals surface area contributed by atoms with Crippen LogP contribution in [0.5, 0.6) is 0 Å². The maximum Gasteiger partial charge on any atom is 0.407 e. The van der Waals surface area contributed by atoms with Crippen molar-refractivity contribution in [1.29, 1.82) is 0 Å². The van der Waals surface area contributed by atoms with Crippen LogP contribution in [0.25, 0.3) is 0 Å². The van der Waals surface area contributed by atoms with Gasteiger partial charge >= 0.3 is 12.1 Å². The molecule has 1 aliphatic heterocycles. The number of aldehydes is 1. The lowest BCUT2D eigenvalue weighted by atomic mass is 9.71. The summed E-state index contributed by atoms with van der Waals surface area (Å²) in [5.74, 6) is -0.371. The molecule has 0 aromatic carbocycles. The average Bonchev–Trinajstić information content (AvgIpc) is 2.42. The van der Waals surface area contributed by atoms with Crippen LogP contribution in [0.15, 0.2) is 0 Å². The number of likely N-dealkylation sites (tertiary alicyclic amines) is 1. The first-order valence-electron chi connectivity index (χ1n) is 7.29. The number of rotatable bonds is 5. The second-order valence-corrected chi connectivity index (χ2v) is 6.88. The molecule has 1 rings (SSSR count). The molecule has 120 valence electrons. The lowest BCUT2D eigenvalue weighted by Gasteiger charge is -2.40. The van der Waals surface area contributed by atoms with Crippen molar-refractivity contribution in [1.82, 2.24) is 4.90 Å². The predicted molar refractivity (Wildman–Crippen MR) is 77.0 cm³/mol. The molecule has 0 aromatic heterocycles. The number of hydrogen-bond donors (Lipinski definition) is 1. The minimum Gasteiger partial charge on any atom is -0.465 e. The molecule has 0 atom stereocenters. The standard InChI is InChI=1S/C15H25NO5/c1-14(2,3)4-5-15(12(18)21-11-10-17)6-8-16(9-7-15)13(19)20/h10H,4-9,11H2,1-3H3,(H,19,20). The van der Waals surface area contributed by atoms with Crippen molar-refractivity contribution in [3.05, 3.63) is 0 Å². The summed E-state index contributed by atoms with van der Waals surface area (Å²) in [5.41, 5.74) is -0.579. The molecule has 1 aliphatic rings. The van der Waals surface area contributed by atoms with E-state index in [1.165, 1.54) is 4.90 Å². The first-order chi connectivity index (χ1) is 9.70. The Kier molecular flexibility index (Phi) is 5.75. The van der Waals surface area contributed by atoms with Gasteiger partial charge in [0.05, 0.1) is 5.41 Å². The molecule has 6 heteroatoms. The first kappa shape index (κ1) is 17.5. The normalized spacial score (nSPS) is 18.1. The zero-order valence-corrected chi connectivity index (χ0v) is 13.1. The molecule has 1 saturated heterocycles. The van der Waals surface area contributed by atoms with E-state index in [0.29, 0.717) is 38.6 Å². The Morgan fingerprint density at radius 1 is 1.29 bits per heavy atom. The highest BCUT2D eigenvalue weighted by Crippen LogP contribution is 2.40. The monoisotopic (exact) mass is 299 g/mol. The Labute approximate surface area is 125 Å². The summed E-state index contributed by atoms with van der Waals surface area (Å²) in [6.45, 7) is 6.72. The summed E-state index contributed by atoms with van der Waals surface area (Å²) in [5, 5.41) is 9.01. The summed E-state index contributed by atoms with van der Waals surface area (Å²) >= 11 is 0. The van der Waals surface area contributed by atoms with E-state index in [0.717, 1.165) is 6.42 Å². The Morgan fingerprint density at radius 2 is 1.86 bits per heavy atom. The van der Waals surface area contributed by atoms with Crippen LogP contribution in [0.3, 0.4) is 0 Å². The Bertz CT molecular complexity index is 391. The van der Waals surface area contributed by atoms with E-state index in [4.69, 9.17) is 9.84 Å².